The summed E-state index contributed by atoms with van der Waals surface area (Å²) in [4.78, 5) is 9.42. The molecule has 0 aliphatic carbocycles. The summed E-state index contributed by atoms with van der Waals surface area (Å²) in [5, 5.41) is 0. The molecule has 0 spiro atoms. The molecule has 0 rings (SSSR count). The second-order valence-electron chi connectivity index (χ2n) is 1.04. The zero-order valence-electron chi connectivity index (χ0n) is 4.06. The summed E-state index contributed by atoms with van der Waals surface area (Å²) in [5.74, 6) is 0. The number of ether oxygens (including phenoxy) is 1. The van der Waals surface area contributed by atoms with Gasteiger partial charge in [-0.25, -0.2) is 4.39 Å². The lowest BCUT2D eigenvalue weighted by molar-refractivity contribution is -0.117. The lowest BCUT2D eigenvalue weighted by Gasteiger charge is -1.95. The van der Waals surface area contributed by atoms with Crippen molar-refractivity contribution in [2.24, 2.45) is 0 Å². The normalized spacial score (nSPS) is 13.4. The fourth-order valence-corrected chi connectivity index (χ4v) is 0.172. The molecule has 0 aliphatic heterocycles. The van der Waals surface area contributed by atoms with Gasteiger partial charge in [-0.05, 0) is 6.92 Å². The van der Waals surface area contributed by atoms with Crippen LogP contribution in [0.15, 0.2) is 0 Å². The SMILES string of the molecule is CC(F)OCC=O. The minimum absolute atomic E-state index is 0.155. The van der Waals surface area contributed by atoms with Crippen LogP contribution in [0.3, 0.4) is 0 Å². The summed E-state index contributed by atoms with van der Waals surface area (Å²) in [6.07, 6.45) is -0.819. The molecule has 0 bridgehead atoms. The highest BCUT2D eigenvalue weighted by Gasteiger charge is 1.91. The molecule has 42 valence electrons. The summed E-state index contributed by atoms with van der Waals surface area (Å²) >= 11 is 0. The predicted molar refractivity (Wildman–Crippen MR) is 22.6 cm³/mol. The second kappa shape index (κ2) is 3.74. The van der Waals surface area contributed by atoms with Gasteiger partial charge in [0.1, 0.15) is 12.9 Å². The van der Waals surface area contributed by atoms with Gasteiger partial charge in [0.25, 0.3) is 0 Å². The van der Waals surface area contributed by atoms with E-state index in [4.69, 9.17) is 0 Å². The van der Waals surface area contributed by atoms with Crippen molar-refractivity contribution in [3.8, 4) is 0 Å². The summed E-state index contributed by atoms with van der Waals surface area (Å²) in [6, 6.07) is 0. The lowest BCUT2D eigenvalue weighted by Crippen LogP contribution is -2.02. The van der Waals surface area contributed by atoms with E-state index >= 15 is 0 Å². The molecule has 0 saturated heterocycles. The highest BCUT2D eigenvalue weighted by atomic mass is 19.1. The van der Waals surface area contributed by atoms with Crippen molar-refractivity contribution in [2.75, 3.05) is 6.61 Å². The van der Waals surface area contributed by atoms with Gasteiger partial charge in [0.2, 0.25) is 0 Å². The van der Waals surface area contributed by atoms with E-state index in [1.54, 1.807) is 0 Å². The zero-order chi connectivity index (χ0) is 5.70. The molecule has 1 atom stereocenters. The number of carbonyl (C=O) groups is 1. The molecule has 0 aliphatic rings. The first-order chi connectivity index (χ1) is 3.27. The molecular formula is C4H7FO2. The van der Waals surface area contributed by atoms with Crippen molar-refractivity contribution in [1.82, 2.24) is 0 Å². The van der Waals surface area contributed by atoms with Crippen molar-refractivity contribution >= 4 is 6.29 Å². The highest BCUT2D eigenvalue weighted by molar-refractivity contribution is 5.50. The third kappa shape index (κ3) is 5.56. The number of hydrogen-bond acceptors (Lipinski definition) is 2. The maximum Gasteiger partial charge on any atom is 0.196 e. The van der Waals surface area contributed by atoms with Gasteiger partial charge in [-0.15, -0.1) is 0 Å². The third-order valence-corrected chi connectivity index (χ3v) is 0.394. The Balaban J connectivity index is 2.81. The molecule has 0 amide bonds. The average molecular weight is 106 g/mol. The number of aldehydes is 1. The first-order valence-electron chi connectivity index (χ1n) is 1.96. The van der Waals surface area contributed by atoms with Crippen LogP contribution in [0.2, 0.25) is 0 Å². The van der Waals surface area contributed by atoms with Gasteiger partial charge in [-0.1, -0.05) is 0 Å². The van der Waals surface area contributed by atoms with Gasteiger partial charge in [-0.3, -0.25) is 0 Å². The van der Waals surface area contributed by atoms with Crippen LogP contribution in [0.4, 0.5) is 4.39 Å². The van der Waals surface area contributed by atoms with Crippen molar-refractivity contribution in [3.05, 3.63) is 0 Å². The molecular weight excluding hydrogens is 99.0 g/mol. The fraction of sp³-hybridized carbons (Fsp3) is 0.750. The Kier molecular flexibility index (Phi) is 3.50. The minimum atomic E-state index is -1.33. The quantitative estimate of drug-likeness (QED) is 0.490. The Morgan fingerprint density at radius 3 is 2.71 bits per heavy atom. The van der Waals surface area contributed by atoms with Gasteiger partial charge in [0.15, 0.2) is 6.36 Å². The Morgan fingerprint density at radius 2 is 2.57 bits per heavy atom. The van der Waals surface area contributed by atoms with Gasteiger partial charge in [0, 0.05) is 0 Å². The molecule has 0 heterocycles. The average Bonchev–Trinajstić information content (AvgIpc) is 1.61. The van der Waals surface area contributed by atoms with Crippen LogP contribution in [0.1, 0.15) is 6.92 Å². The number of carbonyl (C=O) groups excluding carboxylic acids is 1. The molecule has 0 aromatic rings. The van der Waals surface area contributed by atoms with E-state index < -0.39 is 6.36 Å². The van der Waals surface area contributed by atoms with Gasteiger partial charge in [0.05, 0.1) is 0 Å². The maximum atomic E-state index is 11.5. The molecule has 0 aromatic heterocycles. The third-order valence-electron chi connectivity index (χ3n) is 0.394. The van der Waals surface area contributed by atoms with E-state index in [0.717, 1.165) is 0 Å². The van der Waals surface area contributed by atoms with E-state index in [-0.39, 0.29) is 6.61 Å². The lowest BCUT2D eigenvalue weighted by atomic mass is 10.7. The van der Waals surface area contributed by atoms with E-state index in [0.29, 0.717) is 6.29 Å². The molecule has 2 nitrogen and oxygen atoms in total. The Morgan fingerprint density at radius 1 is 2.00 bits per heavy atom. The monoisotopic (exact) mass is 106 g/mol. The topological polar surface area (TPSA) is 26.3 Å². The van der Waals surface area contributed by atoms with Crippen LogP contribution in [-0.4, -0.2) is 19.3 Å². The van der Waals surface area contributed by atoms with Crippen LogP contribution >= 0.6 is 0 Å². The standard InChI is InChI=1S/C4H7FO2/c1-4(5)7-3-2-6/h2,4H,3H2,1H3. The van der Waals surface area contributed by atoms with Crippen molar-refractivity contribution in [2.45, 2.75) is 13.3 Å². The summed E-state index contributed by atoms with van der Waals surface area (Å²) in [5.41, 5.74) is 0. The van der Waals surface area contributed by atoms with E-state index in [2.05, 4.69) is 4.74 Å². The fourth-order valence-electron chi connectivity index (χ4n) is 0.172. The molecule has 1 unspecified atom stereocenters. The second-order valence-corrected chi connectivity index (χ2v) is 1.04. The molecule has 0 aromatic carbocycles. The van der Waals surface area contributed by atoms with E-state index in [9.17, 15) is 9.18 Å². The maximum absolute atomic E-state index is 11.5. The largest absolute Gasteiger partial charge is 0.341 e. The molecule has 0 saturated carbocycles. The molecule has 3 heteroatoms. The molecule has 0 radical (unpaired) electrons. The first-order valence-corrected chi connectivity index (χ1v) is 1.96. The Bertz CT molecular complexity index is 53.7. The van der Waals surface area contributed by atoms with Gasteiger partial charge in [-0.2, -0.15) is 0 Å². The first kappa shape index (κ1) is 6.56. The Hall–Kier alpha value is -0.440. The van der Waals surface area contributed by atoms with Crippen LogP contribution in [-0.2, 0) is 9.53 Å². The summed E-state index contributed by atoms with van der Waals surface area (Å²) < 4.78 is 15.7. The number of hydrogen-bond donors (Lipinski definition) is 0. The van der Waals surface area contributed by atoms with Crippen LogP contribution in [0.25, 0.3) is 0 Å². The van der Waals surface area contributed by atoms with Crippen LogP contribution < -0.4 is 0 Å². The van der Waals surface area contributed by atoms with Gasteiger partial charge >= 0.3 is 0 Å². The van der Waals surface area contributed by atoms with Crippen molar-refractivity contribution < 1.29 is 13.9 Å². The van der Waals surface area contributed by atoms with Crippen LogP contribution in [0.5, 0.6) is 0 Å². The van der Waals surface area contributed by atoms with E-state index in [1.165, 1.54) is 6.92 Å². The summed E-state index contributed by atoms with van der Waals surface area (Å²) in [7, 11) is 0. The van der Waals surface area contributed by atoms with Gasteiger partial charge < -0.3 is 9.53 Å². The smallest absolute Gasteiger partial charge is 0.196 e. The van der Waals surface area contributed by atoms with E-state index in [1.807, 2.05) is 0 Å². The van der Waals surface area contributed by atoms with Crippen LogP contribution in [0, 0.1) is 0 Å². The predicted octanol–water partition coefficient (Wildman–Crippen LogP) is 0.517. The summed E-state index contributed by atoms with van der Waals surface area (Å²) in [6.45, 7) is 1.07. The number of alkyl halides is 1. The number of rotatable bonds is 3. The van der Waals surface area contributed by atoms with Crippen molar-refractivity contribution in [1.29, 1.82) is 0 Å². The number of halogens is 1. The molecule has 0 N–H and O–H groups in total. The Labute approximate surface area is 41.3 Å². The van der Waals surface area contributed by atoms with Crippen molar-refractivity contribution in [3.63, 3.8) is 0 Å². The molecule has 7 heavy (non-hydrogen) atoms. The minimum Gasteiger partial charge on any atom is -0.341 e. The highest BCUT2D eigenvalue weighted by Crippen LogP contribution is 1.86. The molecule has 0 fully saturated rings. The zero-order valence-corrected chi connectivity index (χ0v) is 4.06.